The van der Waals surface area contributed by atoms with Crippen LogP contribution in [0.1, 0.15) is 38.8 Å². The number of carbonyl (C=O) groups is 1. The van der Waals surface area contributed by atoms with Gasteiger partial charge in [0, 0.05) is 11.7 Å². The fourth-order valence-corrected chi connectivity index (χ4v) is 3.50. The third-order valence-corrected chi connectivity index (χ3v) is 4.18. The van der Waals surface area contributed by atoms with Crippen molar-refractivity contribution in [2.24, 2.45) is 0 Å². The first-order chi connectivity index (χ1) is 9.48. The zero-order chi connectivity index (χ0) is 16.3. The molecule has 0 radical (unpaired) electrons. The van der Waals surface area contributed by atoms with E-state index in [1.807, 2.05) is 0 Å². The quantitative estimate of drug-likeness (QED) is 0.650. The SMILES string of the molecule is CC(C)(C)NS(=O)(=O)N[C@H](CC(=O)O)c1ccnc(Br)c1. The number of rotatable bonds is 6. The van der Waals surface area contributed by atoms with Crippen LogP contribution in [-0.2, 0) is 15.0 Å². The van der Waals surface area contributed by atoms with Gasteiger partial charge in [-0.2, -0.15) is 17.9 Å². The molecular weight excluding hydrogens is 362 g/mol. The van der Waals surface area contributed by atoms with E-state index < -0.39 is 27.8 Å². The summed E-state index contributed by atoms with van der Waals surface area (Å²) in [6, 6.07) is 2.26. The van der Waals surface area contributed by atoms with Gasteiger partial charge in [-0.3, -0.25) is 4.79 Å². The first kappa shape index (κ1) is 18.0. The number of hydrogen-bond donors (Lipinski definition) is 3. The van der Waals surface area contributed by atoms with Gasteiger partial charge >= 0.3 is 5.97 Å². The number of carboxylic acid groups (broad SMARTS) is 1. The summed E-state index contributed by atoms with van der Waals surface area (Å²) in [7, 11) is -3.84. The summed E-state index contributed by atoms with van der Waals surface area (Å²) in [4.78, 5) is 14.9. The van der Waals surface area contributed by atoms with Gasteiger partial charge in [-0.05, 0) is 54.4 Å². The van der Waals surface area contributed by atoms with Crippen molar-refractivity contribution in [2.75, 3.05) is 0 Å². The summed E-state index contributed by atoms with van der Waals surface area (Å²) >= 11 is 3.17. The molecule has 0 aliphatic heterocycles. The van der Waals surface area contributed by atoms with Crippen molar-refractivity contribution in [3.05, 3.63) is 28.5 Å². The largest absolute Gasteiger partial charge is 0.481 e. The summed E-state index contributed by atoms with van der Waals surface area (Å²) < 4.78 is 29.4. The summed E-state index contributed by atoms with van der Waals surface area (Å²) in [6.45, 7) is 5.09. The van der Waals surface area contributed by atoms with Crippen LogP contribution in [0.25, 0.3) is 0 Å². The Hall–Kier alpha value is -1.03. The van der Waals surface area contributed by atoms with Gasteiger partial charge in [-0.25, -0.2) is 4.98 Å². The number of aliphatic carboxylic acids is 1. The summed E-state index contributed by atoms with van der Waals surface area (Å²) in [6.07, 6.45) is 1.10. The number of carboxylic acids is 1. The molecule has 0 unspecified atom stereocenters. The first-order valence-electron chi connectivity index (χ1n) is 6.13. The normalized spacial score (nSPS) is 13.9. The van der Waals surface area contributed by atoms with Crippen molar-refractivity contribution in [3.8, 4) is 0 Å². The van der Waals surface area contributed by atoms with Crippen LogP contribution in [0, 0.1) is 0 Å². The molecule has 0 aliphatic carbocycles. The van der Waals surface area contributed by atoms with E-state index in [0.717, 1.165) is 0 Å². The van der Waals surface area contributed by atoms with E-state index in [-0.39, 0.29) is 6.42 Å². The predicted molar refractivity (Wildman–Crippen MR) is 81.9 cm³/mol. The molecule has 9 heteroatoms. The highest BCUT2D eigenvalue weighted by Crippen LogP contribution is 2.20. The molecule has 0 fully saturated rings. The number of pyridine rings is 1. The number of hydrogen-bond acceptors (Lipinski definition) is 4. The molecule has 21 heavy (non-hydrogen) atoms. The number of nitrogens with zero attached hydrogens (tertiary/aromatic N) is 1. The summed E-state index contributed by atoms with van der Waals surface area (Å²) in [5, 5.41) is 8.96. The Morgan fingerprint density at radius 2 is 2.10 bits per heavy atom. The molecule has 0 aromatic carbocycles. The van der Waals surface area contributed by atoms with Gasteiger partial charge < -0.3 is 5.11 Å². The highest BCUT2D eigenvalue weighted by molar-refractivity contribution is 9.10. The molecular formula is C12H18BrN3O4S. The molecule has 0 aliphatic rings. The molecule has 1 heterocycles. The van der Waals surface area contributed by atoms with Crippen molar-refractivity contribution in [3.63, 3.8) is 0 Å². The van der Waals surface area contributed by atoms with E-state index in [2.05, 4.69) is 30.4 Å². The smallest absolute Gasteiger partial charge is 0.305 e. The van der Waals surface area contributed by atoms with E-state index in [1.165, 1.54) is 6.20 Å². The number of halogens is 1. The molecule has 0 saturated carbocycles. The van der Waals surface area contributed by atoms with Gasteiger partial charge in [0.15, 0.2) is 0 Å². The Balaban J connectivity index is 3.02. The zero-order valence-electron chi connectivity index (χ0n) is 11.9. The maximum atomic E-state index is 12.1. The van der Waals surface area contributed by atoms with Crippen LogP contribution in [0.15, 0.2) is 22.9 Å². The Bertz CT molecular complexity index is 613. The molecule has 0 saturated heterocycles. The highest BCUT2D eigenvalue weighted by atomic mass is 79.9. The third kappa shape index (κ3) is 6.98. The molecule has 0 bridgehead atoms. The van der Waals surface area contributed by atoms with Crippen molar-refractivity contribution in [1.29, 1.82) is 0 Å². The molecule has 1 atom stereocenters. The van der Waals surface area contributed by atoms with Crippen molar-refractivity contribution in [1.82, 2.24) is 14.4 Å². The summed E-state index contributed by atoms with van der Waals surface area (Å²) in [5.41, 5.74) is -0.156. The van der Waals surface area contributed by atoms with E-state index in [0.29, 0.717) is 10.2 Å². The molecule has 1 aromatic rings. The molecule has 0 amide bonds. The minimum absolute atomic E-state index is 0.374. The maximum Gasteiger partial charge on any atom is 0.305 e. The van der Waals surface area contributed by atoms with Gasteiger partial charge in [0.1, 0.15) is 4.60 Å². The monoisotopic (exact) mass is 379 g/mol. The predicted octanol–water partition coefficient (Wildman–Crippen LogP) is 1.58. The second-order valence-corrected chi connectivity index (χ2v) is 7.79. The standard InChI is InChI=1S/C12H18BrN3O4S/c1-12(2,3)16-21(19,20)15-9(7-11(17)18)8-4-5-14-10(13)6-8/h4-6,9,15-16H,7H2,1-3H3,(H,17,18)/t9-/m1/s1. The van der Waals surface area contributed by atoms with Gasteiger partial charge in [0.05, 0.1) is 12.5 Å². The van der Waals surface area contributed by atoms with Crippen LogP contribution in [0.4, 0.5) is 0 Å². The van der Waals surface area contributed by atoms with Crippen LogP contribution < -0.4 is 9.44 Å². The Kier molecular flexibility index (Phi) is 5.85. The molecule has 118 valence electrons. The average Bonchev–Trinajstić information content (AvgIpc) is 2.23. The van der Waals surface area contributed by atoms with Crippen molar-refractivity contribution < 1.29 is 18.3 Å². The van der Waals surface area contributed by atoms with E-state index >= 15 is 0 Å². The minimum atomic E-state index is -3.84. The molecule has 1 aromatic heterocycles. The van der Waals surface area contributed by atoms with Gasteiger partial charge in [-0.15, -0.1) is 0 Å². The van der Waals surface area contributed by atoms with Crippen molar-refractivity contribution in [2.45, 2.75) is 38.8 Å². The highest BCUT2D eigenvalue weighted by Gasteiger charge is 2.25. The summed E-state index contributed by atoms with van der Waals surface area (Å²) in [5.74, 6) is -1.11. The van der Waals surface area contributed by atoms with E-state index in [1.54, 1.807) is 32.9 Å². The van der Waals surface area contributed by atoms with Gasteiger partial charge in [-0.1, -0.05) is 0 Å². The maximum absolute atomic E-state index is 12.1. The average molecular weight is 380 g/mol. The lowest BCUT2D eigenvalue weighted by Crippen LogP contribution is -2.48. The van der Waals surface area contributed by atoms with Crippen LogP contribution in [0.5, 0.6) is 0 Å². The first-order valence-corrected chi connectivity index (χ1v) is 8.40. The molecule has 1 rings (SSSR count). The second kappa shape index (κ2) is 6.82. The topological polar surface area (TPSA) is 108 Å². The van der Waals surface area contributed by atoms with Crippen LogP contribution in [-0.4, -0.2) is 30.0 Å². The lowest BCUT2D eigenvalue weighted by molar-refractivity contribution is -0.137. The lowest BCUT2D eigenvalue weighted by atomic mass is 10.1. The molecule has 3 N–H and O–H groups in total. The Labute approximate surface area is 132 Å². The van der Waals surface area contributed by atoms with Gasteiger partial charge in [0.2, 0.25) is 0 Å². The Morgan fingerprint density at radius 1 is 1.48 bits per heavy atom. The minimum Gasteiger partial charge on any atom is -0.481 e. The lowest BCUT2D eigenvalue weighted by Gasteiger charge is -2.24. The fourth-order valence-electron chi connectivity index (χ4n) is 1.66. The van der Waals surface area contributed by atoms with E-state index in [9.17, 15) is 13.2 Å². The van der Waals surface area contributed by atoms with Gasteiger partial charge in [0.25, 0.3) is 10.2 Å². The van der Waals surface area contributed by atoms with Crippen LogP contribution in [0.3, 0.4) is 0 Å². The Morgan fingerprint density at radius 3 is 2.57 bits per heavy atom. The fraction of sp³-hybridized carbons (Fsp3) is 0.500. The zero-order valence-corrected chi connectivity index (χ0v) is 14.3. The van der Waals surface area contributed by atoms with E-state index in [4.69, 9.17) is 5.11 Å². The van der Waals surface area contributed by atoms with Crippen molar-refractivity contribution >= 4 is 32.1 Å². The number of aromatic nitrogens is 1. The second-order valence-electron chi connectivity index (χ2n) is 5.54. The number of nitrogens with one attached hydrogen (secondary N) is 2. The van der Waals surface area contributed by atoms with Crippen LogP contribution >= 0.6 is 15.9 Å². The molecule has 7 nitrogen and oxygen atoms in total. The van der Waals surface area contributed by atoms with Crippen LogP contribution in [0.2, 0.25) is 0 Å². The third-order valence-electron chi connectivity index (χ3n) is 2.27. The molecule has 0 spiro atoms.